The lowest BCUT2D eigenvalue weighted by Crippen LogP contribution is -2.36. The number of likely N-dealkylation sites (N-methyl/N-ethyl adjacent to an activating group) is 1. The summed E-state index contributed by atoms with van der Waals surface area (Å²) in [5.41, 5.74) is 1.16. The molecule has 1 heterocycles. The number of aromatic carboxylic acids is 1. The quantitative estimate of drug-likeness (QED) is 0.846. The Morgan fingerprint density at radius 2 is 2.00 bits per heavy atom. The van der Waals surface area contributed by atoms with Crippen molar-refractivity contribution >= 4 is 11.9 Å². The van der Waals surface area contributed by atoms with E-state index in [-0.39, 0.29) is 17.4 Å². The van der Waals surface area contributed by atoms with Crippen molar-refractivity contribution in [2.24, 2.45) is 0 Å². The van der Waals surface area contributed by atoms with Gasteiger partial charge in [-0.2, -0.15) is 0 Å². The van der Waals surface area contributed by atoms with Crippen LogP contribution in [-0.2, 0) is 4.79 Å². The Labute approximate surface area is 99.9 Å². The van der Waals surface area contributed by atoms with Crippen LogP contribution in [0.3, 0.4) is 0 Å². The fraction of sp³-hybridized carbons (Fsp3) is 0.385. The van der Waals surface area contributed by atoms with Crippen LogP contribution in [0.25, 0.3) is 0 Å². The summed E-state index contributed by atoms with van der Waals surface area (Å²) in [6.07, 6.45) is 1.84. The number of carbonyl (C=O) groups excluding carboxylic acids is 1. The van der Waals surface area contributed by atoms with E-state index in [4.69, 9.17) is 5.11 Å². The Bertz CT molecular complexity index is 438. The summed E-state index contributed by atoms with van der Waals surface area (Å²) in [5, 5.41) is 8.80. The Kier molecular flexibility index (Phi) is 3.13. The van der Waals surface area contributed by atoms with Crippen molar-refractivity contribution in [2.75, 3.05) is 13.6 Å². The predicted molar refractivity (Wildman–Crippen MR) is 63.0 cm³/mol. The molecule has 1 atom stereocenters. The number of piperidine rings is 1. The average molecular weight is 233 g/mol. The number of nitrogens with zero attached hydrogens (tertiary/aromatic N) is 1. The zero-order valence-corrected chi connectivity index (χ0v) is 9.72. The van der Waals surface area contributed by atoms with E-state index in [1.54, 1.807) is 36.2 Å². The van der Waals surface area contributed by atoms with Crippen LogP contribution < -0.4 is 0 Å². The molecule has 0 bridgehead atoms. The third kappa shape index (κ3) is 2.30. The molecule has 1 aromatic carbocycles. The largest absolute Gasteiger partial charge is 0.478 e. The highest BCUT2D eigenvalue weighted by Crippen LogP contribution is 2.27. The van der Waals surface area contributed by atoms with Crippen LogP contribution in [-0.4, -0.2) is 35.5 Å². The molecule has 1 aliphatic rings. The van der Waals surface area contributed by atoms with Gasteiger partial charge in [0.15, 0.2) is 0 Å². The van der Waals surface area contributed by atoms with Gasteiger partial charge in [-0.25, -0.2) is 4.79 Å². The van der Waals surface area contributed by atoms with Crippen LogP contribution in [0.5, 0.6) is 0 Å². The molecule has 2 rings (SSSR count). The monoisotopic (exact) mass is 233 g/mol. The molecule has 0 saturated carbocycles. The minimum Gasteiger partial charge on any atom is -0.478 e. The lowest BCUT2D eigenvalue weighted by molar-refractivity contribution is -0.133. The third-order valence-corrected chi connectivity index (χ3v) is 3.22. The molecule has 4 nitrogen and oxygen atoms in total. The van der Waals surface area contributed by atoms with E-state index in [9.17, 15) is 9.59 Å². The second-order valence-corrected chi connectivity index (χ2v) is 4.38. The predicted octanol–water partition coefficient (Wildman–Crippen LogP) is 1.72. The van der Waals surface area contributed by atoms with Gasteiger partial charge in [-0.15, -0.1) is 0 Å². The number of carboxylic acid groups (broad SMARTS) is 1. The Morgan fingerprint density at radius 3 is 2.59 bits per heavy atom. The minimum absolute atomic E-state index is 0.114. The standard InChI is InChI=1S/C13H15NO3/c1-14-8-2-3-11(12(14)15)9-4-6-10(7-5-9)13(16)17/h4-7,11H,2-3,8H2,1H3,(H,16,17)/t11-/m1/s1. The minimum atomic E-state index is -0.941. The van der Waals surface area contributed by atoms with E-state index in [0.29, 0.717) is 0 Å². The van der Waals surface area contributed by atoms with E-state index < -0.39 is 5.97 Å². The molecular formula is C13H15NO3. The van der Waals surface area contributed by atoms with Gasteiger partial charge >= 0.3 is 5.97 Å². The molecule has 0 unspecified atom stereocenters. The maximum atomic E-state index is 12.0. The second-order valence-electron chi connectivity index (χ2n) is 4.38. The number of carbonyl (C=O) groups is 2. The lowest BCUT2D eigenvalue weighted by Gasteiger charge is -2.29. The van der Waals surface area contributed by atoms with E-state index in [1.165, 1.54) is 0 Å². The maximum absolute atomic E-state index is 12.0. The van der Waals surface area contributed by atoms with Gasteiger partial charge in [-0.3, -0.25) is 4.79 Å². The number of amides is 1. The third-order valence-electron chi connectivity index (χ3n) is 3.22. The molecule has 0 aliphatic carbocycles. The highest BCUT2D eigenvalue weighted by molar-refractivity contribution is 5.88. The first-order valence-electron chi connectivity index (χ1n) is 5.68. The van der Waals surface area contributed by atoms with E-state index in [0.717, 1.165) is 24.9 Å². The van der Waals surface area contributed by atoms with Crippen LogP contribution in [0.15, 0.2) is 24.3 Å². The zero-order chi connectivity index (χ0) is 12.4. The van der Waals surface area contributed by atoms with Gasteiger partial charge in [-0.05, 0) is 30.5 Å². The van der Waals surface area contributed by atoms with Crippen LogP contribution in [0, 0.1) is 0 Å². The molecular weight excluding hydrogens is 218 g/mol. The summed E-state index contributed by atoms with van der Waals surface area (Å²) >= 11 is 0. The average Bonchev–Trinajstić information content (AvgIpc) is 2.33. The SMILES string of the molecule is CN1CCC[C@H](c2ccc(C(=O)O)cc2)C1=O. The summed E-state index contributed by atoms with van der Waals surface area (Å²) in [4.78, 5) is 24.4. The number of benzene rings is 1. The van der Waals surface area contributed by atoms with Crippen LogP contribution in [0.1, 0.15) is 34.7 Å². The molecule has 0 aromatic heterocycles. The smallest absolute Gasteiger partial charge is 0.335 e. The van der Waals surface area contributed by atoms with Crippen molar-refractivity contribution in [1.82, 2.24) is 4.90 Å². The molecule has 1 saturated heterocycles. The van der Waals surface area contributed by atoms with Gasteiger partial charge in [-0.1, -0.05) is 12.1 Å². The van der Waals surface area contributed by atoms with Crippen molar-refractivity contribution in [1.29, 1.82) is 0 Å². The first kappa shape index (κ1) is 11.6. The molecule has 1 N–H and O–H groups in total. The van der Waals surface area contributed by atoms with Crippen LogP contribution in [0.4, 0.5) is 0 Å². The van der Waals surface area contributed by atoms with Gasteiger partial charge in [0.2, 0.25) is 5.91 Å². The van der Waals surface area contributed by atoms with Crippen molar-refractivity contribution in [2.45, 2.75) is 18.8 Å². The van der Waals surface area contributed by atoms with Crippen molar-refractivity contribution in [3.63, 3.8) is 0 Å². The van der Waals surface area contributed by atoms with Crippen molar-refractivity contribution in [3.05, 3.63) is 35.4 Å². The van der Waals surface area contributed by atoms with Gasteiger partial charge in [0.25, 0.3) is 0 Å². The number of hydrogen-bond donors (Lipinski definition) is 1. The normalized spacial score (nSPS) is 20.4. The summed E-state index contributed by atoms with van der Waals surface area (Å²) in [5.74, 6) is -0.931. The van der Waals surface area contributed by atoms with Crippen LogP contribution >= 0.6 is 0 Å². The molecule has 1 amide bonds. The second kappa shape index (κ2) is 4.57. The molecule has 1 fully saturated rings. The van der Waals surface area contributed by atoms with Crippen molar-refractivity contribution in [3.8, 4) is 0 Å². The first-order valence-corrected chi connectivity index (χ1v) is 5.68. The first-order chi connectivity index (χ1) is 8.09. The zero-order valence-electron chi connectivity index (χ0n) is 9.72. The van der Waals surface area contributed by atoms with Crippen molar-refractivity contribution < 1.29 is 14.7 Å². The summed E-state index contributed by atoms with van der Waals surface area (Å²) in [6, 6.07) is 6.59. The highest BCUT2D eigenvalue weighted by atomic mass is 16.4. The summed E-state index contributed by atoms with van der Waals surface area (Å²) in [7, 11) is 1.81. The number of rotatable bonds is 2. The Morgan fingerprint density at radius 1 is 1.35 bits per heavy atom. The topological polar surface area (TPSA) is 57.6 Å². The lowest BCUT2D eigenvalue weighted by atomic mass is 9.89. The number of hydrogen-bond acceptors (Lipinski definition) is 2. The molecule has 1 aliphatic heterocycles. The molecule has 0 radical (unpaired) electrons. The molecule has 17 heavy (non-hydrogen) atoms. The van der Waals surface area contributed by atoms with Gasteiger partial charge in [0, 0.05) is 13.6 Å². The summed E-state index contributed by atoms with van der Waals surface area (Å²) in [6.45, 7) is 0.808. The maximum Gasteiger partial charge on any atom is 0.335 e. The van der Waals surface area contributed by atoms with E-state index >= 15 is 0 Å². The Hall–Kier alpha value is -1.84. The summed E-state index contributed by atoms with van der Waals surface area (Å²) < 4.78 is 0. The highest BCUT2D eigenvalue weighted by Gasteiger charge is 2.27. The molecule has 0 spiro atoms. The Balaban J connectivity index is 2.22. The van der Waals surface area contributed by atoms with Gasteiger partial charge in [0.1, 0.15) is 0 Å². The fourth-order valence-electron chi connectivity index (χ4n) is 2.20. The van der Waals surface area contributed by atoms with E-state index in [2.05, 4.69) is 0 Å². The number of carboxylic acids is 1. The van der Waals surface area contributed by atoms with E-state index in [1.807, 2.05) is 0 Å². The molecule has 4 heteroatoms. The van der Waals surface area contributed by atoms with Gasteiger partial charge in [0.05, 0.1) is 11.5 Å². The van der Waals surface area contributed by atoms with Crippen LogP contribution in [0.2, 0.25) is 0 Å². The number of likely N-dealkylation sites (tertiary alicyclic amines) is 1. The molecule has 1 aromatic rings. The fourth-order valence-corrected chi connectivity index (χ4v) is 2.20. The molecule has 90 valence electrons. The van der Waals surface area contributed by atoms with Gasteiger partial charge < -0.3 is 10.0 Å².